The molecular formula is C21H32IN5O. The first-order valence-electron chi connectivity index (χ1n) is 9.72. The minimum Gasteiger partial charge on any atom is -0.385 e. The van der Waals surface area contributed by atoms with Gasteiger partial charge in [0.2, 0.25) is 0 Å². The predicted octanol–water partition coefficient (Wildman–Crippen LogP) is 3.42. The Morgan fingerprint density at radius 3 is 2.61 bits per heavy atom. The molecule has 154 valence electrons. The Morgan fingerprint density at radius 2 is 2.00 bits per heavy atom. The minimum absolute atomic E-state index is 0. The maximum absolute atomic E-state index is 5.29. The average molecular weight is 497 g/mol. The van der Waals surface area contributed by atoms with Crippen LogP contribution in [0.3, 0.4) is 0 Å². The lowest BCUT2D eigenvalue weighted by Gasteiger charge is -2.42. The summed E-state index contributed by atoms with van der Waals surface area (Å²) in [5, 5.41) is 11.3. The van der Waals surface area contributed by atoms with Crippen molar-refractivity contribution in [3.63, 3.8) is 0 Å². The van der Waals surface area contributed by atoms with Crippen molar-refractivity contribution >= 4 is 29.9 Å². The number of nitrogens with one attached hydrogen (secondary N) is 2. The molecule has 0 atom stereocenters. The highest BCUT2D eigenvalue weighted by Gasteiger charge is 2.36. The fourth-order valence-corrected chi connectivity index (χ4v) is 3.63. The van der Waals surface area contributed by atoms with Crippen LogP contribution in [0.15, 0.2) is 47.7 Å². The summed E-state index contributed by atoms with van der Waals surface area (Å²) in [6.45, 7) is 3.29. The Balaban J connectivity index is 0.00000280. The van der Waals surface area contributed by atoms with E-state index in [9.17, 15) is 0 Å². The second kappa shape index (κ2) is 11.4. The molecule has 0 spiro atoms. The SMILES string of the molecule is CN=C(NCc1ccccc1Cn1cccn1)NCC1(CCOC)CCC1.I. The summed E-state index contributed by atoms with van der Waals surface area (Å²) in [7, 11) is 3.61. The van der Waals surface area contributed by atoms with Gasteiger partial charge in [0.25, 0.3) is 0 Å². The molecule has 1 saturated carbocycles. The van der Waals surface area contributed by atoms with E-state index in [0.29, 0.717) is 5.41 Å². The molecule has 3 rings (SSSR count). The van der Waals surface area contributed by atoms with Crippen molar-refractivity contribution in [2.24, 2.45) is 10.4 Å². The van der Waals surface area contributed by atoms with E-state index in [-0.39, 0.29) is 24.0 Å². The zero-order valence-electron chi connectivity index (χ0n) is 16.9. The molecule has 1 aromatic heterocycles. The molecule has 0 saturated heterocycles. The first kappa shape index (κ1) is 22.7. The van der Waals surface area contributed by atoms with Crippen LogP contribution in [0.5, 0.6) is 0 Å². The lowest BCUT2D eigenvalue weighted by molar-refractivity contribution is 0.0732. The molecule has 6 nitrogen and oxygen atoms in total. The van der Waals surface area contributed by atoms with E-state index in [0.717, 1.165) is 38.6 Å². The fourth-order valence-electron chi connectivity index (χ4n) is 3.63. The maximum atomic E-state index is 5.29. The molecule has 1 fully saturated rings. The van der Waals surface area contributed by atoms with E-state index < -0.39 is 0 Å². The van der Waals surface area contributed by atoms with Gasteiger partial charge in [-0.2, -0.15) is 5.10 Å². The number of halogens is 1. The van der Waals surface area contributed by atoms with Crippen LogP contribution in [0.1, 0.15) is 36.8 Å². The molecule has 7 heteroatoms. The van der Waals surface area contributed by atoms with Gasteiger partial charge in [-0.25, -0.2) is 0 Å². The number of rotatable bonds is 9. The van der Waals surface area contributed by atoms with Gasteiger partial charge in [-0.15, -0.1) is 24.0 Å². The Kier molecular flexibility index (Phi) is 9.24. The third-order valence-electron chi connectivity index (χ3n) is 5.56. The standard InChI is InChI=1S/C21H31N5O.HI/c1-22-20(24-17-21(9-5-10-21)11-14-27-2)23-15-18-7-3-4-8-19(18)16-26-13-6-12-25-26;/h3-4,6-8,12-13H,5,9-11,14-17H2,1-2H3,(H2,22,23,24);1H. The molecule has 1 heterocycles. The molecule has 1 aromatic carbocycles. The molecule has 0 radical (unpaired) electrons. The Hall–Kier alpha value is -1.61. The van der Waals surface area contributed by atoms with Crippen molar-refractivity contribution in [2.75, 3.05) is 27.3 Å². The molecule has 0 aliphatic heterocycles. The van der Waals surface area contributed by atoms with Crippen molar-refractivity contribution in [3.05, 3.63) is 53.9 Å². The van der Waals surface area contributed by atoms with Crippen LogP contribution in [0.4, 0.5) is 0 Å². The van der Waals surface area contributed by atoms with E-state index in [1.165, 1.54) is 30.4 Å². The zero-order valence-corrected chi connectivity index (χ0v) is 19.2. The largest absolute Gasteiger partial charge is 0.385 e. The van der Waals surface area contributed by atoms with Gasteiger partial charge in [0.05, 0.1) is 6.54 Å². The van der Waals surface area contributed by atoms with Gasteiger partial charge >= 0.3 is 0 Å². The van der Waals surface area contributed by atoms with Gasteiger partial charge < -0.3 is 15.4 Å². The van der Waals surface area contributed by atoms with Crippen LogP contribution in [0.2, 0.25) is 0 Å². The van der Waals surface area contributed by atoms with Crippen LogP contribution in [0.25, 0.3) is 0 Å². The van der Waals surface area contributed by atoms with Crippen molar-refractivity contribution < 1.29 is 4.74 Å². The molecule has 0 amide bonds. The van der Waals surface area contributed by atoms with Gasteiger partial charge in [0.15, 0.2) is 5.96 Å². The number of methoxy groups -OCH3 is 1. The molecule has 1 aliphatic carbocycles. The molecule has 1 aliphatic rings. The van der Waals surface area contributed by atoms with Crippen molar-refractivity contribution in [3.8, 4) is 0 Å². The number of hydrogen-bond donors (Lipinski definition) is 2. The summed E-state index contributed by atoms with van der Waals surface area (Å²) in [6.07, 6.45) is 8.77. The Labute approximate surface area is 185 Å². The maximum Gasteiger partial charge on any atom is 0.191 e. The number of aliphatic imine (C=N–C) groups is 1. The smallest absolute Gasteiger partial charge is 0.191 e. The van der Waals surface area contributed by atoms with Crippen molar-refractivity contribution in [1.29, 1.82) is 0 Å². The van der Waals surface area contributed by atoms with Gasteiger partial charge in [0.1, 0.15) is 0 Å². The summed E-state index contributed by atoms with van der Waals surface area (Å²) >= 11 is 0. The van der Waals surface area contributed by atoms with Crippen molar-refractivity contribution in [1.82, 2.24) is 20.4 Å². The normalized spacial score (nSPS) is 15.4. The quantitative estimate of drug-likeness (QED) is 0.317. The number of nitrogens with zero attached hydrogens (tertiary/aromatic N) is 3. The first-order valence-corrected chi connectivity index (χ1v) is 9.72. The summed E-state index contributed by atoms with van der Waals surface area (Å²) in [5.41, 5.74) is 2.89. The second-order valence-electron chi connectivity index (χ2n) is 7.35. The van der Waals surface area contributed by atoms with E-state index in [4.69, 9.17) is 4.74 Å². The number of guanidine groups is 1. The van der Waals surface area contributed by atoms with E-state index >= 15 is 0 Å². The minimum atomic E-state index is 0. The van der Waals surface area contributed by atoms with Gasteiger partial charge in [-0.05, 0) is 41.9 Å². The number of benzene rings is 1. The summed E-state index contributed by atoms with van der Waals surface area (Å²) in [6, 6.07) is 10.4. The highest BCUT2D eigenvalue weighted by Crippen LogP contribution is 2.43. The molecule has 0 unspecified atom stereocenters. The molecule has 28 heavy (non-hydrogen) atoms. The lowest BCUT2D eigenvalue weighted by atomic mass is 9.67. The average Bonchev–Trinajstić information content (AvgIpc) is 3.17. The number of hydrogen-bond acceptors (Lipinski definition) is 3. The Morgan fingerprint density at radius 1 is 1.21 bits per heavy atom. The van der Waals surface area contributed by atoms with Crippen LogP contribution >= 0.6 is 24.0 Å². The third-order valence-corrected chi connectivity index (χ3v) is 5.56. The van der Waals surface area contributed by atoms with Crippen LogP contribution in [-0.4, -0.2) is 43.0 Å². The van der Waals surface area contributed by atoms with Gasteiger partial charge in [0, 0.05) is 46.2 Å². The highest BCUT2D eigenvalue weighted by molar-refractivity contribution is 14.0. The summed E-state index contributed by atoms with van der Waals surface area (Å²) in [4.78, 5) is 4.40. The number of ether oxygens (including phenoxy) is 1. The zero-order chi connectivity index (χ0) is 19.0. The van der Waals surface area contributed by atoms with E-state index in [1.54, 1.807) is 7.11 Å². The molecule has 2 aromatic rings. The highest BCUT2D eigenvalue weighted by atomic mass is 127. The number of aromatic nitrogens is 2. The molecular weight excluding hydrogens is 465 g/mol. The fraction of sp³-hybridized carbons (Fsp3) is 0.524. The molecule has 2 N–H and O–H groups in total. The topological polar surface area (TPSA) is 63.5 Å². The third kappa shape index (κ3) is 6.20. The van der Waals surface area contributed by atoms with Gasteiger partial charge in [-0.3, -0.25) is 9.67 Å². The second-order valence-corrected chi connectivity index (χ2v) is 7.35. The predicted molar refractivity (Wildman–Crippen MR) is 124 cm³/mol. The summed E-state index contributed by atoms with van der Waals surface area (Å²) in [5.74, 6) is 0.854. The summed E-state index contributed by atoms with van der Waals surface area (Å²) < 4.78 is 7.23. The van der Waals surface area contributed by atoms with Crippen molar-refractivity contribution in [2.45, 2.75) is 38.8 Å². The van der Waals surface area contributed by atoms with Crippen LogP contribution in [-0.2, 0) is 17.8 Å². The monoisotopic (exact) mass is 497 g/mol. The Bertz CT molecular complexity index is 728. The van der Waals surface area contributed by atoms with Gasteiger partial charge in [-0.1, -0.05) is 30.7 Å². The van der Waals surface area contributed by atoms with Crippen LogP contribution < -0.4 is 10.6 Å². The van der Waals surface area contributed by atoms with E-state index in [1.807, 2.05) is 30.2 Å². The van der Waals surface area contributed by atoms with Crippen LogP contribution in [0, 0.1) is 5.41 Å². The van der Waals surface area contributed by atoms with E-state index in [2.05, 4.69) is 45.0 Å². The molecule has 0 bridgehead atoms. The first-order chi connectivity index (χ1) is 13.2. The lowest BCUT2D eigenvalue weighted by Crippen LogP contribution is -2.46.